The number of carbonyl (C=O) groups is 1. The molecule has 0 saturated carbocycles. The Balaban J connectivity index is 1.89. The lowest BCUT2D eigenvalue weighted by molar-refractivity contribution is 0.0586. The van der Waals surface area contributed by atoms with Gasteiger partial charge in [0.05, 0.1) is 35.5 Å². The zero-order valence-electron chi connectivity index (χ0n) is 18.9. The van der Waals surface area contributed by atoms with Crippen molar-refractivity contribution in [2.24, 2.45) is 0 Å². The Hall–Kier alpha value is -4.21. The van der Waals surface area contributed by atoms with Crippen LogP contribution in [0.3, 0.4) is 0 Å². The molecule has 2 heterocycles. The molecule has 4 rings (SSSR count). The van der Waals surface area contributed by atoms with E-state index in [9.17, 15) is 4.79 Å². The predicted octanol–water partition coefficient (Wildman–Crippen LogP) is 3.16. The third-order valence-corrected chi connectivity index (χ3v) is 5.24. The molecule has 0 fully saturated rings. The summed E-state index contributed by atoms with van der Waals surface area (Å²) in [7, 11) is 7.55. The van der Waals surface area contributed by atoms with E-state index in [1.807, 2.05) is 42.5 Å². The lowest BCUT2D eigenvalue weighted by Gasteiger charge is -2.25. The fourth-order valence-corrected chi connectivity index (χ4v) is 3.64. The number of nitrogens with zero attached hydrogens (tertiary/aromatic N) is 3. The van der Waals surface area contributed by atoms with E-state index >= 15 is 0 Å². The number of methoxy groups -OCH3 is 5. The van der Waals surface area contributed by atoms with Crippen molar-refractivity contribution in [2.75, 3.05) is 40.9 Å². The number of fused-ring (bicyclic) bond motifs is 1. The third-order valence-electron chi connectivity index (χ3n) is 5.24. The van der Waals surface area contributed by atoms with Gasteiger partial charge in [0.25, 0.3) is 5.82 Å². The van der Waals surface area contributed by atoms with Gasteiger partial charge in [-0.15, -0.1) is 5.10 Å². The molecular formula is C23H24N4O6. The van der Waals surface area contributed by atoms with Crippen LogP contribution < -0.4 is 24.3 Å². The lowest BCUT2D eigenvalue weighted by atomic mass is 10.0. The molecule has 10 heteroatoms. The Bertz CT molecular complexity index is 1190. The van der Waals surface area contributed by atoms with Crippen LogP contribution in [0.15, 0.2) is 42.5 Å². The molecule has 0 spiro atoms. The van der Waals surface area contributed by atoms with E-state index in [1.165, 1.54) is 7.11 Å². The molecule has 33 heavy (non-hydrogen) atoms. The first kappa shape index (κ1) is 22.0. The van der Waals surface area contributed by atoms with Crippen LogP contribution in [0.2, 0.25) is 0 Å². The Morgan fingerprint density at radius 2 is 1.70 bits per heavy atom. The number of ether oxygens (including phenoxy) is 5. The average Bonchev–Trinajstić information content (AvgIpc) is 3.31. The van der Waals surface area contributed by atoms with Crippen molar-refractivity contribution in [3.8, 4) is 23.0 Å². The van der Waals surface area contributed by atoms with Gasteiger partial charge in [-0.1, -0.05) is 12.1 Å². The Kier molecular flexibility index (Phi) is 6.07. The molecule has 1 aliphatic rings. The summed E-state index contributed by atoms with van der Waals surface area (Å²) in [6.07, 6.45) is 1.97. The summed E-state index contributed by atoms with van der Waals surface area (Å²) in [5.74, 6) is 1.87. The van der Waals surface area contributed by atoms with Gasteiger partial charge in [-0.05, 0) is 35.9 Å². The van der Waals surface area contributed by atoms with E-state index < -0.39 is 12.0 Å². The second-order valence-electron chi connectivity index (χ2n) is 7.04. The van der Waals surface area contributed by atoms with Crippen LogP contribution >= 0.6 is 0 Å². The zero-order chi connectivity index (χ0) is 23.5. The first-order valence-corrected chi connectivity index (χ1v) is 10.0. The molecule has 1 aromatic heterocycles. The lowest BCUT2D eigenvalue weighted by Crippen LogP contribution is -2.20. The monoisotopic (exact) mass is 452 g/mol. The molecule has 1 aliphatic heterocycles. The molecule has 0 aliphatic carbocycles. The van der Waals surface area contributed by atoms with E-state index in [0.29, 0.717) is 28.9 Å². The standard InChI is InChI=1S/C23H24N4O6/c1-29-15-8-6-7-13(9-15)16-12-17(27-23(24-16)25-21(26-27)22(28)33-5)14-10-18(30-2)20(32-4)19(11-14)31-3/h6-12,17H,1-5H3,(H,24,25,26). The fourth-order valence-electron chi connectivity index (χ4n) is 3.64. The van der Waals surface area contributed by atoms with Crippen LogP contribution in [-0.2, 0) is 4.74 Å². The van der Waals surface area contributed by atoms with Gasteiger partial charge in [0, 0.05) is 11.3 Å². The van der Waals surface area contributed by atoms with Crippen molar-refractivity contribution in [1.29, 1.82) is 0 Å². The summed E-state index contributed by atoms with van der Waals surface area (Å²) in [4.78, 5) is 16.5. The van der Waals surface area contributed by atoms with Crippen molar-refractivity contribution < 1.29 is 28.5 Å². The van der Waals surface area contributed by atoms with E-state index in [2.05, 4.69) is 15.4 Å². The number of nitrogens with one attached hydrogen (secondary N) is 1. The second-order valence-corrected chi connectivity index (χ2v) is 7.04. The van der Waals surface area contributed by atoms with Crippen LogP contribution in [-0.4, -0.2) is 56.3 Å². The predicted molar refractivity (Wildman–Crippen MR) is 120 cm³/mol. The molecule has 0 saturated heterocycles. The highest BCUT2D eigenvalue weighted by molar-refractivity contribution is 5.86. The first-order valence-electron chi connectivity index (χ1n) is 10.0. The van der Waals surface area contributed by atoms with Crippen LogP contribution in [0.5, 0.6) is 23.0 Å². The number of hydrogen-bond donors (Lipinski definition) is 1. The van der Waals surface area contributed by atoms with Gasteiger partial charge < -0.3 is 29.0 Å². The summed E-state index contributed by atoms with van der Waals surface area (Å²) in [6.45, 7) is 0. The summed E-state index contributed by atoms with van der Waals surface area (Å²) >= 11 is 0. The normalized spacial score (nSPS) is 14.5. The minimum atomic E-state index is -0.634. The number of benzene rings is 2. The van der Waals surface area contributed by atoms with Crippen molar-refractivity contribution in [3.05, 3.63) is 59.4 Å². The minimum Gasteiger partial charge on any atom is -0.497 e. The van der Waals surface area contributed by atoms with Crippen LogP contribution in [0.1, 0.15) is 27.8 Å². The molecule has 1 atom stereocenters. The van der Waals surface area contributed by atoms with Crippen molar-refractivity contribution in [1.82, 2.24) is 14.8 Å². The smallest absolute Gasteiger partial charge is 0.378 e. The van der Waals surface area contributed by atoms with Gasteiger partial charge in [-0.3, -0.25) is 0 Å². The Labute approximate surface area is 190 Å². The van der Waals surface area contributed by atoms with Crippen LogP contribution in [0.25, 0.3) is 5.70 Å². The van der Waals surface area contributed by atoms with Crippen LogP contribution in [0.4, 0.5) is 5.95 Å². The Morgan fingerprint density at radius 3 is 2.30 bits per heavy atom. The molecular weight excluding hydrogens is 428 g/mol. The molecule has 1 unspecified atom stereocenters. The zero-order valence-corrected chi connectivity index (χ0v) is 18.9. The summed E-state index contributed by atoms with van der Waals surface area (Å²) in [5.41, 5.74) is 2.43. The molecule has 0 radical (unpaired) electrons. The summed E-state index contributed by atoms with van der Waals surface area (Å²) in [5, 5.41) is 7.62. The molecule has 0 amide bonds. The second kappa shape index (κ2) is 9.11. The number of anilines is 1. The molecule has 2 aromatic carbocycles. The quantitative estimate of drug-likeness (QED) is 0.541. The van der Waals surface area contributed by atoms with Gasteiger partial charge in [0.2, 0.25) is 11.7 Å². The van der Waals surface area contributed by atoms with E-state index in [1.54, 1.807) is 33.1 Å². The summed E-state index contributed by atoms with van der Waals surface area (Å²) < 4.78 is 28.3. The average molecular weight is 452 g/mol. The largest absolute Gasteiger partial charge is 0.497 e. The maximum absolute atomic E-state index is 12.1. The van der Waals surface area contributed by atoms with Crippen LogP contribution in [0, 0.1) is 0 Å². The van der Waals surface area contributed by atoms with Gasteiger partial charge >= 0.3 is 5.97 Å². The van der Waals surface area contributed by atoms with Gasteiger partial charge in [-0.25, -0.2) is 9.48 Å². The van der Waals surface area contributed by atoms with Crippen molar-refractivity contribution >= 4 is 17.6 Å². The topological polar surface area (TPSA) is 106 Å². The van der Waals surface area contributed by atoms with Crippen molar-refractivity contribution in [3.63, 3.8) is 0 Å². The maximum Gasteiger partial charge on any atom is 0.378 e. The SMILES string of the molecule is COC(=O)c1nc2n(n1)C(c1cc(OC)c(OC)c(OC)c1)C=C(c1cccc(OC)c1)N2. The highest BCUT2D eigenvalue weighted by Crippen LogP contribution is 2.42. The maximum atomic E-state index is 12.1. The molecule has 0 bridgehead atoms. The first-order chi connectivity index (χ1) is 16.0. The van der Waals surface area contributed by atoms with Gasteiger partial charge in [0.1, 0.15) is 11.8 Å². The fraction of sp³-hybridized carbons (Fsp3) is 0.261. The molecule has 10 nitrogen and oxygen atoms in total. The minimum absolute atomic E-state index is 0.0577. The molecule has 1 N–H and O–H groups in total. The van der Waals surface area contributed by atoms with E-state index in [-0.39, 0.29) is 5.82 Å². The van der Waals surface area contributed by atoms with Gasteiger partial charge in [-0.2, -0.15) is 4.98 Å². The number of esters is 1. The number of hydrogen-bond acceptors (Lipinski definition) is 9. The highest BCUT2D eigenvalue weighted by Gasteiger charge is 2.29. The summed E-state index contributed by atoms with van der Waals surface area (Å²) in [6, 6.07) is 10.8. The third kappa shape index (κ3) is 4.02. The number of aromatic nitrogens is 3. The number of rotatable bonds is 7. The Morgan fingerprint density at radius 1 is 0.970 bits per heavy atom. The van der Waals surface area contributed by atoms with E-state index in [4.69, 9.17) is 23.7 Å². The number of allylic oxidation sites excluding steroid dienone is 1. The number of carbonyl (C=O) groups excluding carboxylic acids is 1. The van der Waals surface area contributed by atoms with Crippen molar-refractivity contribution in [2.45, 2.75) is 6.04 Å². The highest BCUT2D eigenvalue weighted by atomic mass is 16.5. The molecule has 3 aromatic rings. The molecule has 172 valence electrons. The van der Waals surface area contributed by atoms with E-state index in [0.717, 1.165) is 16.8 Å². The van der Waals surface area contributed by atoms with Gasteiger partial charge in [0.15, 0.2) is 11.5 Å².